The molecule has 1 aromatic carbocycles. The zero-order valence-electron chi connectivity index (χ0n) is 13.4. The van der Waals surface area contributed by atoms with Gasteiger partial charge < -0.3 is 5.32 Å². The fourth-order valence-corrected chi connectivity index (χ4v) is 4.06. The topological polar surface area (TPSA) is 66.5 Å². The molecule has 1 aliphatic heterocycles. The van der Waals surface area contributed by atoms with Gasteiger partial charge in [-0.2, -0.15) is 0 Å². The summed E-state index contributed by atoms with van der Waals surface area (Å²) in [7, 11) is -3.22. The first-order valence-electron chi connectivity index (χ1n) is 7.69. The summed E-state index contributed by atoms with van der Waals surface area (Å²) in [6.45, 7) is 6.41. The molecule has 22 heavy (non-hydrogen) atoms. The highest BCUT2D eigenvalue weighted by Gasteiger charge is 2.31. The molecule has 0 spiro atoms. The predicted octanol–water partition coefficient (Wildman–Crippen LogP) is 2.30. The summed E-state index contributed by atoms with van der Waals surface area (Å²) in [5, 5.41) is 2.92. The summed E-state index contributed by atoms with van der Waals surface area (Å²) in [5.74, 6) is -0.296. The summed E-state index contributed by atoms with van der Waals surface area (Å²) in [4.78, 5) is 12.4. The smallest absolute Gasteiger partial charge is 0.228 e. The lowest BCUT2D eigenvalue weighted by Crippen LogP contribution is -2.44. The maximum atomic E-state index is 12.4. The molecular formula is C16H24N2O3S. The van der Waals surface area contributed by atoms with Gasteiger partial charge in [-0.15, -0.1) is 0 Å². The largest absolute Gasteiger partial charge is 0.326 e. The van der Waals surface area contributed by atoms with Crippen LogP contribution in [0.5, 0.6) is 0 Å². The van der Waals surface area contributed by atoms with Crippen molar-refractivity contribution in [1.29, 1.82) is 0 Å². The van der Waals surface area contributed by atoms with Crippen molar-refractivity contribution in [3.05, 3.63) is 29.3 Å². The monoisotopic (exact) mass is 324 g/mol. The van der Waals surface area contributed by atoms with E-state index in [4.69, 9.17) is 0 Å². The fourth-order valence-electron chi connectivity index (χ4n) is 2.88. The number of aryl methyl sites for hydroxylation is 2. The SMILES string of the molecule is CCS(=O)(=O)N1CCCC(C(=O)Nc2cc(C)cc(C)c2)C1. The minimum absolute atomic E-state index is 0.0818. The number of hydrogen-bond donors (Lipinski definition) is 1. The molecule has 0 aliphatic carbocycles. The number of sulfonamides is 1. The number of amides is 1. The summed E-state index contributed by atoms with van der Waals surface area (Å²) < 4.78 is 25.4. The molecule has 1 aliphatic rings. The number of carbonyl (C=O) groups excluding carboxylic acids is 1. The third-order valence-corrected chi connectivity index (χ3v) is 5.85. The minimum atomic E-state index is -3.22. The normalized spacial score (nSPS) is 19.9. The van der Waals surface area contributed by atoms with Crippen LogP contribution in [0.25, 0.3) is 0 Å². The van der Waals surface area contributed by atoms with E-state index in [9.17, 15) is 13.2 Å². The van der Waals surface area contributed by atoms with Gasteiger partial charge in [0.25, 0.3) is 0 Å². The number of nitrogens with zero attached hydrogens (tertiary/aromatic N) is 1. The van der Waals surface area contributed by atoms with E-state index >= 15 is 0 Å². The van der Waals surface area contributed by atoms with Crippen molar-refractivity contribution in [3.8, 4) is 0 Å². The van der Waals surface area contributed by atoms with Crippen molar-refractivity contribution >= 4 is 21.6 Å². The molecule has 1 unspecified atom stereocenters. The molecule has 0 radical (unpaired) electrons. The van der Waals surface area contributed by atoms with Gasteiger partial charge in [0.05, 0.1) is 11.7 Å². The molecule has 0 aromatic heterocycles. The van der Waals surface area contributed by atoms with E-state index in [2.05, 4.69) is 5.32 Å². The van der Waals surface area contributed by atoms with Gasteiger partial charge in [0, 0.05) is 18.8 Å². The molecule has 1 aromatic rings. The Labute approximate surface area is 132 Å². The number of nitrogens with one attached hydrogen (secondary N) is 1. The van der Waals surface area contributed by atoms with Gasteiger partial charge in [-0.3, -0.25) is 4.79 Å². The van der Waals surface area contributed by atoms with Crippen molar-refractivity contribution in [2.45, 2.75) is 33.6 Å². The van der Waals surface area contributed by atoms with E-state index < -0.39 is 10.0 Å². The summed E-state index contributed by atoms with van der Waals surface area (Å²) >= 11 is 0. The van der Waals surface area contributed by atoms with E-state index in [0.29, 0.717) is 6.54 Å². The van der Waals surface area contributed by atoms with Crippen LogP contribution >= 0.6 is 0 Å². The lowest BCUT2D eigenvalue weighted by Gasteiger charge is -2.30. The van der Waals surface area contributed by atoms with Gasteiger partial charge in [0.1, 0.15) is 0 Å². The van der Waals surface area contributed by atoms with Crippen LogP contribution in [0, 0.1) is 19.8 Å². The number of carbonyl (C=O) groups is 1. The van der Waals surface area contributed by atoms with Crippen LogP contribution < -0.4 is 5.32 Å². The average molecular weight is 324 g/mol. The molecule has 1 saturated heterocycles. The number of hydrogen-bond acceptors (Lipinski definition) is 3. The Morgan fingerprint density at radius 1 is 1.27 bits per heavy atom. The van der Waals surface area contributed by atoms with Gasteiger partial charge in [0.2, 0.25) is 15.9 Å². The molecular weight excluding hydrogens is 300 g/mol. The Bertz CT molecular complexity index is 635. The van der Waals surface area contributed by atoms with E-state index in [1.54, 1.807) is 6.92 Å². The van der Waals surface area contributed by atoms with Crippen LogP contribution in [-0.4, -0.2) is 37.5 Å². The van der Waals surface area contributed by atoms with Crippen LogP contribution in [-0.2, 0) is 14.8 Å². The van der Waals surface area contributed by atoms with E-state index in [1.807, 2.05) is 32.0 Å². The maximum Gasteiger partial charge on any atom is 0.228 e. The van der Waals surface area contributed by atoms with E-state index in [-0.39, 0.29) is 24.1 Å². The lowest BCUT2D eigenvalue weighted by atomic mass is 9.98. The van der Waals surface area contributed by atoms with Crippen LogP contribution in [0.15, 0.2) is 18.2 Å². The molecule has 6 heteroatoms. The highest BCUT2D eigenvalue weighted by Crippen LogP contribution is 2.22. The Morgan fingerprint density at radius 2 is 1.91 bits per heavy atom. The molecule has 1 amide bonds. The first-order chi connectivity index (χ1) is 10.3. The molecule has 0 saturated carbocycles. The Hall–Kier alpha value is -1.40. The van der Waals surface area contributed by atoms with Gasteiger partial charge in [-0.05, 0) is 56.9 Å². The minimum Gasteiger partial charge on any atom is -0.326 e. The third-order valence-electron chi connectivity index (χ3n) is 4.00. The summed E-state index contributed by atoms with van der Waals surface area (Å²) in [5.41, 5.74) is 2.96. The average Bonchev–Trinajstić information content (AvgIpc) is 2.46. The molecule has 2 rings (SSSR count). The third kappa shape index (κ3) is 4.08. The van der Waals surface area contributed by atoms with Gasteiger partial charge >= 0.3 is 0 Å². The Morgan fingerprint density at radius 3 is 2.50 bits per heavy atom. The highest BCUT2D eigenvalue weighted by atomic mass is 32.2. The first kappa shape index (κ1) is 17.0. The molecule has 1 N–H and O–H groups in total. The molecule has 5 nitrogen and oxygen atoms in total. The summed E-state index contributed by atoms with van der Waals surface area (Å²) in [6, 6.07) is 5.90. The van der Waals surface area contributed by atoms with Crippen molar-refractivity contribution < 1.29 is 13.2 Å². The lowest BCUT2D eigenvalue weighted by molar-refractivity contribution is -0.120. The second kappa shape index (κ2) is 6.79. The van der Waals surface area contributed by atoms with Crippen molar-refractivity contribution in [2.75, 3.05) is 24.2 Å². The number of anilines is 1. The zero-order valence-corrected chi connectivity index (χ0v) is 14.2. The second-order valence-electron chi connectivity index (χ2n) is 5.96. The predicted molar refractivity (Wildman–Crippen MR) is 88.3 cm³/mol. The molecule has 1 heterocycles. The zero-order chi connectivity index (χ0) is 16.3. The maximum absolute atomic E-state index is 12.4. The Balaban J connectivity index is 2.06. The Kier molecular flexibility index (Phi) is 5.24. The summed E-state index contributed by atoms with van der Waals surface area (Å²) in [6.07, 6.45) is 1.45. The first-order valence-corrected chi connectivity index (χ1v) is 9.29. The highest BCUT2D eigenvalue weighted by molar-refractivity contribution is 7.89. The fraction of sp³-hybridized carbons (Fsp3) is 0.562. The number of piperidine rings is 1. The van der Waals surface area contributed by atoms with Crippen LogP contribution in [0.3, 0.4) is 0 Å². The van der Waals surface area contributed by atoms with Gasteiger partial charge in [-0.1, -0.05) is 6.07 Å². The van der Waals surface area contributed by atoms with E-state index in [1.165, 1.54) is 4.31 Å². The second-order valence-corrected chi connectivity index (χ2v) is 8.22. The molecule has 0 bridgehead atoms. The van der Waals surface area contributed by atoms with Crippen molar-refractivity contribution in [2.24, 2.45) is 5.92 Å². The van der Waals surface area contributed by atoms with Gasteiger partial charge in [-0.25, -0.2) is 12.7 Å². The van der Waals surface area contributed by atoms with Crippen molar-refractivity contribution in [3.63, 3.8) is 0 Å². The molecule has 122 valence electrons. The number of rotatable bonds is 4. The van der Waals surface area contributed by atoms with Crippen LogP contribution in [0.4, 0.5) is 5.69 Å². The van der Waals surface area contributed by atoms with Crippen molar-refractivity contribution in [1.82, 2.24) is 4.31 Å². The quantitative estimate of drug-likeness (QED) is 0.924. The number of benzene rings is 1. The molecule has 1 atom stereocenters. The van der Waals surface area contributed by atoms with Crippen LogP contribution in [0.2, 0.25) is 0 Å². The molecule has 1 fully saturated rings. The van der Waals surface area contributed by atoms with E-state index in [0.717, 1.165) is 29.7 Å². The van der Waals surface area contributed by atoms with Crippen LogP contribution in [0.1, 0.15) is 30.9 Å². The standard InChI is InChI=1S/C16H24N2O3S/c1-4-22(20,21)18-7-5-6-14(11-18)16(19)17-15-9-12(2)8-13(3)10-15/h8-10,14H,4-7,11H2,1-3H3,(H,17,19). The van der Waals surface area contributed by atoms with Gasteiger partial charge in [0.15, 0.2) is 0 Å².